The summed E-state index contributed by atoms with van der Waals surface area (Å²) in [5.74, 6) is -0.748. The van der Waals surface area contributed by atoms with Crippen LogP contribution in [0.25, 0.3) is 0 Å². The highest BCUT2D eigenvalue weighted by Gasteiger charge is 2.26. The second-order valence-electron chi connectivity index (χ2n) is 5.58. The molecular weight excluding hydrogens is 342 g/mol. The van der Waals surface area contributed by atoms with Crippen LogP contribution in [0.2, 0.25) is 5.02 Å². The van der Waals surface area contributed by atoms with Crippen LogP contribution >= 0.6 is 11.6 Å². The zero-order valence-electron chi connectivity index (χ0n) is 13.6. The first kappa shape index (κ1) is 17.1. The van der Waals surface area contributed by atoms with Gasteiger partial charge >= 0.3 is 5.97 Å². The van der Waals surface area contributed by atoms with E-state index in [1.807, 2.05) is 13.0 Å². The Labute approximate surface area is 150 Å². The van der Waals surface area contributed by atoms with Gasteiger partial charge in [0.1, 0.15) is 12.3 Å². The van der Waals surface area contributed by atoms with Crippen LogP contribution in [0.15, 0.2) is 47.7 Å². The third kappa shape index (κ3) is 4.03. The quantitative estimate of drug-likeness (QED) is 0.787. The lowest BCUT2D eigenvalue weighted by molar-refractivity contribution is -0.137. The first-order chi connectivity index (χ1) is 12.0. The zero-order valence-corrected chi connectivity index (χ0v) is 14.4. The van der Waals surface area contributed by atoms with Crippen LogP contribution in [0.5, 0.6) is 0 Å². The number of halogens is 1. The second-order valence-corrected chi connectivity index (χ2v) is 5.99. The Morgan fingerprint density at radius 1 is 1.28 bits per heavy atom. The van der Waals surface area contributed by atoms with Crippen molar-refractivity contribution in [2.24, 2.45) is 5.10 Å². The average Bonchev–Trinajstić information content (AvgIpc) is 2.63. The minimum absolute atomic E-state index is 0.0585. The maximum absolute atomic E-state index is 12.2. The number of pyridine rings is 1. The molecule has 2 heterocycles. The SMILES string of the molecule is Cc1ccc(N2N=C(C(=O)OCc3ccccn3)CCC2=O)cc1Cl. The summed E-state index contributed by atoms with van der Waals surface area (Å²) in [6.45, 7) is 1.93. The minimum atomic E-state index is -0.554. The van der Waals surface area contributed by atoms with E-state index in [9.17, 15) is 9.59 Å². The monoisotopic (exact) mass is 357 g/mol. The van der Waals surface area contributed by atoms with Gasteiger partial charge in [-0.1, -0.05) is 23.7 Å². The highest BCUT2D eigenvalue weighted by atomic mass is 35.5. The standard InChI is InChI=1S/C18H16ClN3O3/c1-12-5-6-14(10-15(12)19)22-17(23)8-7-16(21-22)18(24)25-11-13-4-2-3-9-20-13/h2-6,9-10H,7-8,11H2,1H3. The van der Waals surface area contributed by atoms with Gasteiger partial charge in [0.2, 0.25) is 5.91 Å². The molecule has 1 aromatic heterocycles. The number of carbonyl (C=O) groups excluding carboxylic acids is 2. The molecule has 0 N–H and O–H groups in total. The van der Waals surface area contributed by atoms with Gasteiger partial charge in [-0.25, -0.2) is 9.80 Å². The second kappa shape index (κ2) is 7.44. The summed E-state index contributed by atoms with van der Waals surface area (Å²) < 4.78 is 5.23. The fourth-order valence-electron chi connectivity index (χ4n) is 2.32. The van der Waals surface area contributed by atoms with E-state index in [0.29, 0.717) is 16.4 Å². The molecular formula is C18H16ClN3O3. The number of aromatic nitrogens is 1. The number of amides is 1. The molecule has 7 heteroatoms. The molecule has 6 nitrogen and oxygen atoms in total. The topological polar surface area (TPSA) is 71.9 Å². The Morgan fingerprint density at radius 2 is 2.12 bits per heavy atom. The predicted octanol–water partition coefficient (Wildman–Crippen LogP) is 3.27. The van der Waals surface area contributed by atoms with Gasteiger partial charge in [-0.2, -0.15) is 5.10 Å². The summed E-state index contributed by atoms with van der Waals surface area (Å²) >= 11 is 6.11. The Hall–Kier alpha value is -2.73. The van der Waals surface area contributed by atoms with Crippen LogP contribution in [0.3, 0.4) is 0 Å². The molecule has 128 valence electrons. The van der Waals surface area contributed by atoms with Crippen LogP contribution in [0, 0.1) is 6.92 Å². The van der Waals surface area contributed by atoms with E-state index in [0.717, 1.165) is 5.56 Å². The fourth-order valence-corrected chi connectivity index (χ4v) is 2.50. The van der Waals surface area contributed by atoms with Gasteiger partial charge < -0.3 is 4.74 Å². The van der Waals surface area contributed by atoms with Gasteiger partial charge in [0, 0.05) is 24.1 Å². The Bertz CT molecular complexity index is 837. The summed E-state index contributed by atoms with van der Waals surface area (Å²) in [4.78, 5) is 28.5. The molecule has 0 atom stereocenters. The molecule has 0 fully saturated rings. The minimum Gasteiger partial charge on any atom is -0.455 e. The largest absolute Gasteiger partial charge is 0.455 e. The Kier molecular flexibility index (Phi) is 5.09. The molecule has 0 unspecified atom stereocenters. The number of hydrogen-bond donors (Lipinski definition) is 0. The highest BCUT2D eigenvalue weighted by Crippen LogP contribution is 2.26. The van der Waals surface area contributed by atoms with Crippen molar-refractivity contribution in [1.82, 2.24) is 4.98 Å². The molecule has 0 saturated carbocycles. The van der Waals surface area contributed by atoms with Crippen molar-refractivity contribution < 1.29 is 14.3 Å². The molecule has 25 heavy (non-hydrogen) atoms. The van der Waals surface area contributed by atoms with E-state index >= 15 is 0 Å². The van der Waals surface area contributed by atoms with Crippen LogP contribution in [0.1, 0.15) is 24.1 Å². The van der Waals surface area contributed by atoms with Crippen LogP contribution in [-0.4, -0.2) is 22.6 Å². The number of nitrogens with zero attached hydrogens (tertiary/aromatic N) is 3. The molecule has 1 aliphatic heterocycles. The molecule has 1 aliphatic rings. The molecule has 1 amide bonds. The van der Waals surface area contributed by atoms with E-state index < -0.39 is 5.97 Å². The van der Waals surface area contributed by atoms with Gasteiger partial charge in [-0.05, 0) is 36.8 Å². The smallest absolute Gasteiger partial charge is 0.354 e. The van der Waals surface area contributed by atoms with Gasteiger partial charge in [-0.3, -0.25) is 9.78 Å². The average molecular weight is 358 g/mol. The van der Waals surface area contributed by atoms with Gasteiger partial charge in [0.15, 0.2) is 0 Å². The Morgan fingerprint density at radius 3 is 2.84 bits per heavy atom. The summed E-state index contributed by atoms with van der Waals surface area (Å²) in [6.07, 6.45) is 2.06. The van der Waals surface area contributed by atoms with Crippen LogP contribution in [0.4, 0.5) is 5.69 Å². The predicted molar refractivity (Wildman–Crippen MR) is 94.4 cm³/mol. The van der Waals surface area contributed by atoms with Crippen molar-refractivity contribution in [3.63, 3.8) is 0 Å². The highest BCUT2D eigenvalue weighted by molar-refractivity contribution is 6.38. The first-order valence-corrected chi connectivity index (χ1v) is 8.16. The lowest BCUT2D eigenvalue weighted by Crippen LogP contribution is -2.35. The summed E-state index contributed by atoms with van der Waals surface area (Å²) in [5.41, 5.74) is 2.27. The number of rotatable bonds is 4. The number of ether oxygens (including phenoxy) is 1. The van der Waals surface area contributed by atoms with Crippen molar-refractivity contribution in [3.05, 3.63) is 58.9 Å². The van der Waals surface area contributed by atoms with Crippen LogP contribution in [-0.2, 0) is 20.9 Å². The van der Waals surface area contributed by atoms with Gasteiger partial charge in [0.05, 0.1) is 11.4 Å². The summed E-state index contributed by atoms with van der Waals surface area (Å²) in [5, 5.41) is 5.90. The van der Waals surface area contributed by atoms with Crippen molar-refractivity contribution in [1.29, 1.82) is 0 Å². The molecule has 1 aromatic carbocycles. The van der Waals surface area contributed by atoms with E-state index in [-0.39, 0.29) is 31.1 Å². The number of anilines is 1. The van der Waals surface area contributed by atoms with E-state index in [2.05, 4.69) is 10.1 Å². The third-order valence-corrected chi connectivity index (χ3v) is 4.15. The number of benzene rings is 1. The molecule has 0 spiro atoms. The molecule has 0 radical (unpaired) electrons. The zero-order chi connectivity index (χ0) is 17.8. The number of esters is 1. The number of carbonyl (C=O) groups is 2. The lowest BCUT2D eigenvalue weighted by Gasteiger charge is -2.23. The Balaban J connectivity index is 1.75. The van der Waals surface area contributed by atoms with Gasteiger partial charge in [0.25, 0.3) is 0 Å². The normalized spacial score (nSPS) is 14.2. The van der Waals surface area contributed by atoms with E-state index in [1.165, 1.54) is 5.01 Å². The number of hydrazone groups is 1. The van der Waals surface area contributed by atoms with Crippen molar-refractivity contribution in [3.8, 4) is 0 Å². The molecule has 0 aliphatic carbocycles. The maximum atomic E-state index is 12.2. The summed E-state index contributed by atoms with van der Waals surface area (Å²) in [7, 11) is 0. The number of hydrogen-bond acceptors (Lipinski definition) is 5. The lowest BCUT2D eigenvalue weighted by atomic mass is 10.1. The third-order valence-electron chi connectivity index (χ3n) is 3.75. The fraction of sp³-hybridized carbons (Fsp3) is 0.222. The molecule has 0 saturated heterocycles. The van der Waals surface area contributed by atoms with Gasteiger partial charge in [-0.15, -0.1) is 0 Å². The molecule has 2 aromatic rings. The van der Waals surface area contributed by atoms with Crippen molar-refractivity contribution in [2.75, 3.05) is 5.01 Å². The van der Waals surface area contributed by atoms with Crippen LogP contribution < -0.4 is 5.01 Å². The molecule has 3 rings (SSSR count). The van der Waals surface area contributed by atoms with E-state index in [1.54, 1.807) is 36.5 Å². The summed E-state index contributed by atoms with van der Waals surface area (Å²) in [6, 6.07) is 10.6. The first-order valence-electron chi connectivity index (χ1n) is 7.78. The van der Waals surface area contributed by atoms with Crippen molar-refractivity contribution >= 4 is 34.9 Å². The molecule has 0 bridgehead atoms. The van der Waals surface area contributed by atoms with Crippen molar-refractivity contribution in [2.45, 2.75) is 26.4 Å². The number of aryl methyl sites for hydroxylation is 1. The maximum Gasteiger partial charge on any atom is 0.354 e. The van der Waals surface area contributed by atoms with E-state index in [4.69, 9.17) is 16.3 Å².